The summed E-state index contributed by atoms with van der Waals surface area (Å²) in [6.07, 6.45) is 0. The van der Waals surface area contributed by atoms with Crippen molar-refractivity contribution in [2.45, 2.75) is 6.92 Å². The standard InChI is InChI=1S/C23H20ClN3O3S/c1-2-31(29,30)27-18-12-13-20-19(14-18)21(23(28)26-20)22(15-6-4-3-5-7-15)25-17-10-8-16(24)9-11-17/h3-14,25,27H,2H2,1H3,(H,26,28). The van der Waals surface area contributed by atoms with Gasteiger partial charge in [-0.3, -0.25) is 9.52 Å². The van der Waals surface area contributed by atoms with Crippen LogP contribution in [0.4, 0.5) is 17.1 Å². The molecule has 1 aliphatic heterocycles. The Balaban J connectivity index is 1.86. The predicted molar refractivity (Wildman–Crippen MR) is 126 cm³/mol. The molecule has 0 saturated heterocycles. The lowest BCUT2D eigenvalue weighted by molar-refractivity contribution is -0.110. The molecule has 3 aromatic rings. The van der Waals surface area contributed by atoms with Crippen LogP contribution in [0.5, 0.6) is 0 Å². The van der Waals surface area contributed by atoms with E-state index < -0.39 is 10.0 Å². The molecule has 0 radical (unpaired) electrons. The molecule has 0 aromatic heterocycles. The number of halogens is 1. The van der Waals surface area contributed by atoms with Crippen molar-refractivity contribution in [3.05, 3.63) is 88.9 Å². The number of rotatable bonds is 6. The van der Waals surface area contributed by atoms with Crippen LogP contribution in [0.15, 0.2) is 72.8 Å². The number of hydrogen-bond acceptors (Lipinski definition) is 4. The molecule has 1 amide bonds. The van der Waals surface area contributed by atoms with Gasteiger partial charge in [-0.2, -0.15) is 0 Å². The minimum atomic E-state index is -3.45. The van der Waals surface area contributed by atoms with Gasteiger partial charge < -0.3 is 10.6 Å². The Bertz CT molecular complexity index is 1270. The van der Waals surface area contributed by atoms with Crippen LogP contribution in [0.25, 0.3) is 11.3 Å². The molecule has 0 bridgehead atoms. The van der Waals surface area contributed by atoms with Crippen molar-refractivity contribution in [1.82, 2.24) is 0 Å². The topological polar surface area (TPSA) is 87.3 Å². The smallest absolute Gasteiger partial charge is 0.258 e. The molecular formula is C23H20ClN3O3S. The summed E-state index contributed by atoms with van der Waals surface area (Å²) in [7, 11) is -3.45. The molecule has 0 atom stereocenters. The van der Waals surface area contributed by atoms with Crippen LogP contribution < -0.4 is 15.4 Å². The normalized spacial score (nSPS) is 14.6. The van der Waals surface area contributed by atoms with E-state index in [1.807, 2.05) is 42.5 Å². The first-order valence-electron chi connectivity index (χ1n) is 9.65. The maximum absolute atomic E-state index is 13.0. The Morgan fingerprint density at radius 2 is 1.65 bits per heavy atom. The number of amides is 1. The van der Waals surface area contributed by atoms with E-state index in [9.17, 15) is 13.2 Å². The van der Waals surface area contributed by atoms with Gasteiger partial charge in [0.25, 0.3) is 5.91 Å². The first kappa shape index (κ1) is 21.0. The number of fused-ring (bicyclic) bond motifs is 1. The third-order valence-corrected chi connectivity index (χ3v) is 6.40. The second-order valence-corrected chi connectivity index (χ2v) is 9.42. The maximum atomic E-state index is 13.0. The van der Waals surface area contributed by atoms with Crippen molar-refractivity contribution < 1.29 is 13.2 Å². The zero-order valence-electron chi connectivity index (χ0n) is 16.6. The van der Waals surface area contributed by atoms with Gasteiger partial charge in [-0.1, -0.05) is 41.9 Å². The Kier molecular flexibility index (Phi) is 5.71. The maximum Gasteiger partial charge on any atom is 0.258 e. The number of hydrogen-bond donors (Lipinski definition) is 3. The Hall–Kier alpha value is -3.29. The fourth-order valence-corrected chi connectivity index (χ4v) is 4.05. The van der Waals surface area contributed by atoms with E-state index in [0.717, 1.165) is 11.3 Å². The SMILES string of the molecule is CCS(=O)(=O)Nc1ccc2c(c1)C(=C(Nc1ccc(Cl)cc1)c1ccccc1)C(=O)N2. The van der Waals surface area contributed by atoms with Crippen LogP contribution in [-0.4, -0.2) is 20.1 Å². The van der Waals surface area contributed by atoms with E-state index in [1.165, 1.54) is 0 Å². The van der Waals surface area contributed by atoms with E-state index >= 15 is 0 Å². The monoisotopic (exact) mass is 453 g/mol. The summed E-state index contributed by atoms with van der Waals surface area (Å²) in [5.74, 6) is -0.317. The zero-order valence-corrected chi connectivity index (χ0v) is 18.2. The van der Waals surface area contributed by atoms with Gasteiger partial charge in [-0.25, -0.2) is 8.42 Å². The molecule has 31 heavy (non-hydrogen) atoms. The van der Waals surface area contributed by atoms with Crippen molar-refractivity contribution in [2.24, 2.45) is 0 Å². The first-order valence-corrected chi connectivity index (χ1v) is 11.7. The van der Waals surface area contributed by atoms with E-state index in [0.29, 0.717) is 33.2 Å². The molecule has 0 saturated carbocycles. The lowest BCUT2D eigenvalue weighted by atomic mass is 9.99. The molecule has 0 fully saturated rings. The number of carbonyl (C=O) groups is 1. The quantitative estimate of drug-likeness (QED) is 0.456. The molecule has 8 heteroatoms. The number of benzene rings is 3. The molecule has 3 aromatic carbocycles. The Morgan fingerprint density at radius 1 is 0.968 bits per heavy atom. The highest BCUT2D eigenvalue weighted by atomic mass is 35.5. The van der Waals surface area contributed by atoms with Crippen molar-refractivity contribution in [1.29, 1.82) is 0 Å². The van der Waals surface area contributed by atoms with Crippen LogP contribution in [0, 0.1) is 0 Å². The minimum Gasteiger partial charge on any atom is -0.354 e. The van der Waals surface area contributed by atoms with Gasteiger partial charge in [0.15, 0.2) is 0 Å². The van der Waals surface area contributed by atoms with Crippen LogP contribution in [0.2, 0.25) is 5.02 Å². The summed E-state index contributed by atoms with van der Waals surface area (Å²) in [4.78, 5) is 13.0. The Morgan fingerprint density at radius 3 is 2.32 bits per heavy atom. The average molecular weight is 454 g/mol. The molecule has 0 spiro atoms. The third kappa shape index (κ3) is 4.57. The molecule has 158 valence electrons. The lowest BCUT2D eigenvalue weighted by Crippen LogP contribution is -2.14. The average Bonchev–Trinajstić information content (AvgIpc) is 3.08. The van der Waals surface area contributed by atoms with Crippen molar-refractivity contribution >= 4 is 55.9 Å². The number of nitrogens with one attached hydrogen (secondary N) is 3. The minimum absolute atomic E-state index is 0.0443. The number of sulfonamides is 1. The van der Waals surface area contributed by atoms with Gasteiger partial charge in [0.2, 0.25) is 10.0 Å². The third-order valence-electron chi connectivity index (χ3n) is 4.84. The molecule has 6 nitrogen and oxygen atoms in total. The number of carbonyl (C=O) groups excluding carboxylic acids is 1. The van der Waals surface area contributed by atoms with E-state index in [2.05, 4.69) is 15.4 Å². The zero-order chi connectivity index (χ0) is 22.0. The van der Waals surface area contributed by atoms with Crippen molar-refractivity contribution in [3.63, 3.8) is 0 Å². The molecule has 3 N–H and O–H groups in total. The molecule has 0 unspecified atom stereocenters. The summed E-state index contributed by atoms with van der Waals surface area (Å²) >= 11 is 6.00. The number of anilines is 3. The lowest BCUT2D eigenvalue weighted by Gasteiger charge is -2.15. The van der Waals surface area contributed by atoms with Gasteiger partial charge in [-0.15, -0.1) is 0 Å². The van der Waals surface area contributed by atoms with Crippen LogP contribution in [-0.2, 0) is 14.8 Å². The summed E-state index contributed by atoms with van der Waals surface area (Å²) < 4.78 is 26.6. The second kappa shape index (κ2) is 8.45. The van der Waals surface area contributed by atoms with Gasteiger partial charge in [0.1, 0.15) is 0 Å². The van der Waals surface area contributed by atoms with Crippen LogP contribution in [0.1, 0.15) is 18.1 Å². The molecule has 1 aliphatic rings. The van der Waals surface area contributed by atoms with E-state index in [-0.39, 0.29) is 11.7 Å². The van der Waals surface area contributed by atoms with Gasteiger partial charge in [0.05, 0.1) is 17.0 Å². The summed E-state index contributed by atoms with van der Waals surface area (Å²) in [5, 5.41) is 6.81. The van der Waals surface area contributed by atoms with Crippen LogP contribution >= 0.6 is 11.6 Å². The van der Waals surface area contributed by atoms with Gasteiger partial charge in [0, 0.05) is 27.6 Å². The molecule has 0 aliphatic carbocycles. The Labute approximate surface area is 186 Å². The largest absolute Gasteiger partial charge is 0.354 e. The van der Waals surface area contributed by atoms with Crippen molar-refractivity contribution in [3.8, 4) is 0 Å². The highest BCUT2D eigenvalue weighted by Gasteiger charge is 2.29. The molecule has 4 rings (SSSR count). The van der Waals surface area contributed by atoms with Gasteiger partial charge >= 0.3 is 0 Å². The molecular weight excluding hydrogens is 434 g/mol. The summed E-state index contributed by atoms with van der Waals surface area (Å²) in [6.45, 7) is 1.57. The predicted octanol–water partition coefficient (Wildman–Crippen LogP) is 5.03. The first-order chi connectivity index (χ1) is 14.9. The fraction of sp³-hybridized carbons (Fsp3) is 0.0870. The summed E-state index contributed by atoms with van der Waals surface area (Å²) in [5.41, 5.74) is 4.24. The van der Waals surface area contributed by atoms with E-state index in [4.69, 9.17) is 11.6 Å². The van der Waals surface area contributed by atoms with Crippen LogP contribution in [0.3, 0.4) is 0 Å². The van der Waals surface area contributed by atoms with Gasteiger partial charge in [-0.05, 0) is 55.0 Å². The molecule has 1 heterocycles. The highest BCUT2D eigenvalue weighted by molar-refractivity contribution is 7.92. The fourth-order valence-electron chi connectivity index (χ4n) is 3.29. The van der Waals surface area contributed by atoms with E-state index in [1.54, 1.807) is 37.3 Å². The van der Waals surface area contributed by atoms with Crippen molar-refractivity contribution in [2.75, 3.05) is 21.1 Å². The highest BCUT2D eigenvalue weighted by Crippen LogP contribution is 2.39. The second-order valence-electron chi connectivity index (χ2n) is 6.97. The summed E-state index contributed by atoms with van der Waals surface area (Å²) in [6, 6.07) is 21.6.